The van der Waals surface area contributed by atoms with E-state index in [0.29, 0.717) is 12.5 Å². The Morgan fingerprint density at radius 1 is 1.23 bits per heavy atom. The van der Waals surface area contributed by atoms with E-state index in [9.17, 15) is 4.79 Å². The number of carbonyl (C=O) groups is 1. The maximum absolute atomic E-state index is 12.0. The molecular weight excluding hydrogens is 272 g/mol. The van der Waals surface area contributed by atoms with E-state index in [0.717, 1.165) is 25.1 Å². The molecule has 0 heterocycles. The van der Waals surface area contributed by atoms with Crippen LogP contribution in [0.25, 0.3) is 0 Å². The Kier molecular flexibility index (Phi) is 6.91. The smallest absolute Gasteiger partial charge is 0.224 e. The third kappa shape index (κ3) is 5.13. The molecule has 122 valence electrons. The zero-order chi connectivity index (χ0) is 15.8. The Hall–Kier alpha value is -1.35. The van der Waals surface area contributed by atoms with Gasteiger partial charge in [-0.2, -0.15) is 0 Å². The number of nitrogens with one attached hydrogen (secondary N) is 1. The molecule has 0 bridgehead atoms. The van der Waals surface area contributed by atoms with Crippen LogP contribution in [0.15, 0.2) is 24.3 Å². The Balaban J connectivity index is 1.96. The lowest BCUT2D eigenvalue weighted by Crippen LogP contribution is -2.33. The van der Waals surface area contributed by atoms with Crippen molar-refractivity contribution in [1.29, 1.82) is 0 Å². The van der Waals surface area contributed by atoms with E-state index in [1.165, 1.54) is 37.7 Å². The van der Waals surface area contributed by atoms with Gasteiger partial charge in [0.15, 0.2) is 0 Å². The normalized spacial score (nSPS) is 16.0. The van der Waals surface area contributed by atoms with E-state index < -0.39 is 0 Å². The quantitative estimate of drug-likeness (QED) is 0.799. The number of hydrogen-bond acceptors (Lipinski definition) is 2. The molecule has 3 nitrogen and oxygen atoms in total. The summed E-state index contributed by atoms with van der Waals surface area (Å²) in [5, 5.41) is 3.09. The molecule has 1 N–H and O–H groups in total. The van der Waals surface area contributed by atoms with Gasteiger partial charge in [-0.3, -0.25) is 9.69 Å². The predicted octanol–water partition coefficient (Wildman–Crippen LogP) is 4.58. The van der Waals surface area contributed by atoms with E-state index >= 15 is 0 Å². The van der Waals surface area contributed by atoms with Crippen LogP contribution in [0.5, 0.6) is 0 Å². The van der Waals surface area contributed by atoms with Crippen molar-refractivity contribution < 1.29 is 4.79 Å². The van der Waals surface area contributed by atoms with Gasteiger partial charge in [-0.1, -0.05) is 50.8 Å². The number of para-hydroxylation sites is 1. The molecule has 1 aliphatic carbocycles. The topological polar surface area (TPSA) is 32.3 Å². The Bertz CT molecular complexity index is 466. The zero-order valence-corrected chi connectivity index (χ0v) is 14.1. The number of rotatable bonds is 7. The lowest BCUT2D eigenvalue weighted by molar-refractivity contribution is -0.116. The third-order valence-electron chi connectivity index (χ3n) is 4.67. The van der Waals surface area contributed by atoms with E-state index in [1.807, 2.05) is 12.1 Å². The molecular formula is C19H30N2O. The summed E-state index contributed by atoms with van der Waals surface area (Å²) < 4.78 is 0. The first-order valence-electron chi connectivity index (χ1n) is 8.78. The van der Waals surface area contributed by atoms with Crippen molar-refractivity contribution in [2.45, 2.75) is 70.9 Å². The van der Waals surface area contributed by atoms with Gasteiger partial charge in [-0.05, 0) is 37.9 Å². The molecule has 0 aromatic heterocycles. The summed E-state index contributed by atoms with van der Waals surface area (Å²) in [6, 6.07) is 8.91. The van der Waals surface area contributed by atoms with Crippen LogP contribution in [0.1, 0.15) is 63.9 Å². The van der Waals surface area contributed by atoms with Crippen LogP contribution in [0.2, 0.25) is 0 Å². The average molecular weight is 302 g/mol. The summed E-state index contributed by atoms with van der Waals surface area (Å²) >= 11 is 0. The first-order chi connectivity index (χ1) is 10.7. The fourth-order valence-electron chi connectivity index (χ4n) is 3.25. The second-order valence-corrected chi connectivity index (χ2v) is 6.52. The van der Waals surface area contributed by atoms with Gasteiger partial charge in [-0.25, -0.2) is 0 Å². The van der Waals surface area contributed by atoms with Crippen LogP contribution in [0.4, 0.5) is 5.69 Å². The molecule has 22 heavy (non-hydrogen) atoms. The number of benzene rings is 1. The Morgan fingerprint density at radius 3 is 2.68 bits per heavy atom. The molecule has 2 rings (SSSR count). The second-order valence-electron chi connectivity index (χ2n) is 6.52. The monoisotopic (exact) mass is 302 g/mol. The van der Waals surface area contributed by atoms with Crippen molar-refractivity contribution in [3.63, 3.8) is 0 Å². The summed E-state index contributed by atoms with van der Waals surface area (Å²) in [4.78, 5) is 14.4. The van der Waals surface area contributed by atoms with Crippen LogP contribution in [0.3, 0.4) is 0 Å². The van der Waals surface area contributed by atoms with Crippen molar-refractivity contribution in [1.82, 2.24) is 4.90 Å². The zero-order valence-electron chi connectivity index (χ0n) is 14.1. The summed E-state index contributed by atoms with van der Waals surface area (Å²) in [5.41, 5.74) is 2.20. The number of carbonyl (C=O) groups excluding carboxylic acids is 1. The van der Waals surface area contributed by atoms with E-state index in [2.05, 4.69) is 36.3 Å². The Labute approximate surface area is 135 Å². The van der Waals surface area contributed by atoms with E-state index in [-0.39, 0.29) is 5.91 Å². The summed E-state index contributed by atoms with van der Waals surface area (Å²) in [5.74, 6) is 0.134. The van der Waals surface area contributed by atoms with Crippen molar-refractivity contribution in [2.75, 3.05) is 12.4 Å². The molecule has 1 fully saturated rings. The minimum Gasteiger partial charge on any atom is -0.326 e. The molecule has 3 heteroatoms. The second kappa shape index (κ2) is 8.94. The molecule has 0 spiro atoms. The minimum atomic E-state index is 0.134. The van der Waals surface area contributed by atoms with Crippen LogP contribution in [-0.4, -0.2) is 23.9 Å². The van der Waals surface area contributed by atoms with Crippen molar-refractivity contribution in [3.8, 4) is 0 Å². The van der Waals surface area contributed by atoms with Crippen molar-refractivity contribution in [3.05, 3.63) is 29.8 Å². The highest BCUT2D eigenvalue weighted by Crippen LogP contribution is 2.25. The lowest BCUT2D eigenvalue weighted by atomic mass is 9.94. The molecule has 0 aliphatic heterocycles. The highest BCUT2D eigenvalue weighted by atomic mass is 16.1. The van der Waals surface area contributed by atoms with Crippen LogP contribution in [-0.2, 0) is 11.3 Å². The third-order valence-corrected chi connectivity index (χ3v) is 4.67. The maximum atomic E-state index is 12.0. The van der Waals surface area contributed by atoms with Gasteiger partial charge >= 0.3 is 0 Å². The lowest BCUT2D eigenvalue weighted by Gasteiger charge is -2.31. The number of amides is 1. The molecule has 0 radical (unpaired) electrons. The van der Waals surface area contributed by atoms with E-state index in [4.69, 9.17) is 0 Å². The van der Waals surface area contributed by atoms with Crippen LogP contribution >= 0.6 is 0 Å². The average Bonchev–Trinajstić information content (AvgIpc) is 2.55. The van der Waals surface area contributed by atoms with Crippen LogP contribution in [0, 0.1) is 0 Å². The molecule has 0 atom stereocenters. The first-order valence-corrected chi connectivity index (χ1v) is 8.78. The predicted molar refractivity (Wildman–Crippen MR) is 92.9 cm³/mol. The van der Waals surface area contributed by atoms with Gasteiger partial charge in [-0.15, -0.1) is 0 Å². The number of unbranched alkanes of at least 4 members (excludes halogenated alkanes) is 1. The minimum absolute atomic E-state index is 0.134. The molecule has 1 saturated carbocycles. The highest BCUT2D eigenvalue weighted by molar-refractivity contribution is 5.91. The van der Waals surface area contributed by atoms with Crippen molar-refractivity contribution >= 4 is 11.6 Å². The van der Waals surface area contributed by atoms with Crippen LogP contribution < -0.4 is 5.32 Å². The van der Waals surface area contributed by atoms with Gasteiger partial charge in [0.05, 0.1) is 0 Å². The van der Waals surface area contributed by atoms with Gasteiger partial charge in [0.1, 0.15) is 0 Å². The van der Waals surface area contributed by atoms with Gasteiger partial charge in [0.2, 0.25) is 5.91 Å². The molecule has 1 aromatic carbocycles. The fourth-order valence-corrected chi connectivity index (χ4v) is 3.25. The SMILES string of the molecule is CCCCC(=O)Nc1ccccc1CN(C)C1CCCCC1. The van der Waals surface area contributed by atoms with Gasteiger partial charge in [0, 0.05) is 24.7 Å². The maximum Gasteiger partial charge on any atom is 0.224 e. The number of anilines is 1. The largest absolute Gasteiger partial charge is 0.326 e. The molecule has 1 aromatic rings. The molecule has 1 amide bonds. The first kappa shape index (κ1) is 17.0. The fraction of sp³-hybridized carbons (Fsp3) is 0.632. The molecule has 0 unspecified atom stereocenters. The number of nitrogens with zero attached hydrogens (tertiary/aromatic N) is 1. The Morgan fingerprint density at radius 2 is 1.95 bits per heavy atom. The standard InChI is InChI=1S/C19H30N2O/c1-3-4-14-19(22)20-18-13-9-8-10-16(18)15-21(2)17-11-6-5-7-12-17/h8-10,13,17H,3-7,11-12,14-15H2,1-2H3,(H,20,22). The molecule has 1 aliphatic rings. The van der Waals surface area contributed by atoms with Gasteiger partial charge in [0.25, 0.3) is 0 Å². The van der Waals surface area contributed by atoms with E-state index in [1.54, 1.807) is 0 Å². The number of hydrogen-bond donors (Lipinski definition) is 1. The van der Waals surface area contributed by atoms with Crippen molar-refractivity contribution in [2.24, 2.45) is 0 Å². The summed E-state index contributed by atoms with van der Waals surface area (Å²) in [7, 11) is 2.21. The summed E-state index contributed by atoms with van der Waals surface area (Å²) in [6.45, 7) is 3.02. The van der Waals surface area contributed by atoms with Gasteiger partial charge < -0.3 is 5.32 Å². The molecule has 0 saturated heterocycles. The summed E-state index contributed by atoms with van der Waals surface area (Å²) in [6.07, 6.45) is 9.32. The highest BCUT2D eigenvalue weighted by Gasteiger charge is 2.19.